The molecule has 3 aromatic heterocycles. The quantitative estimate of drug-likeness (QED) is 0.146. The summed E-state index contributed by atoms with van der Waals surface area (Å²) < 4.78 is 3.01. The molecule has 0 unspecified atom stereocenters. The molecule has 163 valence electrons. The third-order valence-electron chi connectivity index (χ3n) is 5.16. The van der Waals surface area contributed by atoms with Crippen molar-refractivity contribution < 1.29 is 20.1 Å². The van der Waals surface area contributed by atoms with Crippen LogP contribution in [0.2, 0.25) is 0 Å². The van der Waals surface area contributed by atoms with E-state index in [2.05, 4.69) is 71.5 Å². The Hall–Kier alpha value is -2.60. The summed E-state index contributed by atoms with van der Waals surface area (Å²) >= 11 is -0.325. The summed E-state index contributed by atoms with van der Waals surface area (Å²) in [6.07, 6.45) is 3.72. The Kier molecular flexibility index (Phi) is 7.86. The molecule has 0 saturated carbocycles. The Bertz CT molecular complexity index is 1420. The maximum Gasteiger partial charge on any atom is 0.0160 e. The Morgan fingerprint density at radius 3 is 2.30 bits per heavy atom. The van der Waals surface area contributed by atoms with Gasteiger partial charge in [0.05, 0.1) is 0 Å². The molecule has 0 aliphatic heterocycles. The molecule has 0 atom stereocenters. The fraction of sp³-hybridized carbons (Fsp3) is 0.0345. The Morgan fingerprint density at radius 1 is 0.697 bits per heavy atom. The van der Waals surface area contributed by atoms with E-state index in [-0.39, 0.29) is 40.5 Å². The number of benzene rings is 3. The van der Waals surface area contributed by atoms with Crippen LogP contribution in [0.15, 0.2) is 103 Å². The molecule has 0 amide bonds. The number of aromatic nitrogens is 2. The summed E-state index contributed by atoms with van der Waals surface area (Å²) in [6, 6.07) is 37.5. The minimum absolute atomic E-state index is 0. The van der Waals surface area contributed by atoms with E-state index in [4.69, 9.17) is 0 Å². The van der Waals surface area contributed by atoms with E-state index in [1.54, 1.807) is 6.20 Å². The van der Waals surface area contributed by atoms with Crippen LogP contribution < -0.4 is 0 Å². The summed E-state index contributed by atoms with van der Waals surface area (Å²) in [4.78, 5) is 8.80. The maximum atomic E-state index is 4.58. The van der Waals surface area contributed by atoms with E-state index in [9.17, 15) is 0 Å². The number of hydrogen-bond acceptors (Lipinski definition) is 2. The monoisotopic (exact) mass is 719 g/mol. The fourth-order valence-electron chi connectivity index (χ4n) is 3.57. The van der Waals surface area contributed by atoms with Crippen molar-refractivity contribution in [2.24, 2.45) is 0 Å². The normalized spacial score (nSPS) is 10.3. The molecule has 33 heavy (non-hydrogen) atoms. The molecule has 3 aromatic carbocycles. The van der Waals surface area contributed by atoms with E-state index in [0.717, 1.165) is 17.0 Å². The summed E-state index contributed by atoms with van der Waals surface area (Å²) in [5, 5.41) is 2.80. The first kappa shape index (κ1) is 23.6. The topological polar surface area (TPSA) is 25.8 Å². The van der Waals surface area contributed by atoms with E-state index >= 15 is 0 Å². The molecule has 0 N–H and O–H groups in total. The molecule has 0 aliphatic carbocycles. The van der Waals surface area contributed by atoms with Crippen molar-refractivity contribution in [2.75, 3.05) is 0 Å². The maximum absolute atomic E-state index is 4.58. The number of nitrogens with zero attached hydrogens (tertiary/aromatic N) is 2. The number of aryl methyl sites for hydroxylation is 1. The SMILES string of the molecule is Cc1ccc(-c2[c-]ccc3c2[te]c2ccccc23)nc1.[Ir].[c-]1ccccc1-c1ccccn1. The minimum Gasteiger partial charge on any atom is -0.305 e. The molecule has 0 saturated heterocycles. The van der Waals surface area contributed by atoms with Crippen molar-refractivity contribution in [3.05, 3.63) is 121 Å². The second-order valence-electron chi connectivity index (χ2n) is 7.41. The zero-order valence-corrected chi connectivity index (χ0v) is 22.7. The zero-order valence-electron chi connectivity index (χ0n) is 18.0. The van der Waals surface area contributed by atoms with Gasteiger partial charge in [-0.1, -0.05) is 12.1 Å². The first-order valence-electron chi connectivity index (χ1n) is 10.4. The minimum atomic E-state index is -0.325. The Balaban J connectivity index is 0.000000172. The van der Waals surface area contributed by atoms with E-state index in [1.165, 1.54) is 28.7 Å². The van der Waals surface area contributed by atoms with Crippen LogP contribution in [0.1, 0.15) is 5.56 Å². The number of pyridine rings is 2. The van der Waals surface area contributed by atoms with Crippen LogP contribution >= 0.6 is 0 Å². The van der Waals surface area contributed by atoms with Crippen LogP contribution in [0, 0.1) is 19.1 Å². The van der Waals surface area contributed by atoms with Crippen LogP contribution in [-0.2, 0) is 20.1 Å². The number of hydrogen-bond donors (Lipinski definition) is 0. The molecule has 2 nitrogen and oxygen atoms in total. The zero-order chi connectivity index (χ0) is 21.8. The van der Waals surface area contributed by atoms with Crippen LogP contribution in [0.4, 0.5) is 0 Å². The van der Waals surface area contributed by atoms with Gasteiger partial charge in [0.15, 0.2) is 0 Å². The van der Waals surface area contributed by atoms with E-state index in [0.29, 0.717) is 0 Å². The van der Waals surface area contributed by atoms with Crippen molar-refractivity contribution in [3.63, 3.8) is 0 Å². The summed E-state index contributed by atoms with van der Waals surface area (Å²) in [5.41, 5.74) is 5.45. The second kappa shape index (κ2) is 11.0. The number of rotatable bonds is 2. The third kappa shape index (κ3) is 5.32. The van der Waals surface area contributed by atoms with Crippen LogP contribution in [-0.4, -0.2) is 30.4 Å². The van der Waals surface area contributed by atoms with Gasteiger partial charge < -0.3 is 4.98 Å². The first-order valence-corrected chi connectivity index (χ1v) is 12.8. The Morgan fingerprint density at radius 2 is 1.55 bits per heavy atom. The standard InChI is InChI=1S/C18H12NTe.C11H8N.Ir/c1-12-9-10-16(19-11-12)15-7-4-6-14-13-5-2-3-8-17(13)20-18(14)15;1-2-6-10(7-3-1)11-8-4-5-9-12-11;/h2-6,8-11H,1H3;1-6,8-9H;/q2*-1;. The van der Waals surface area contributed by atoms with Gasteiger partial charge in [-0.15, -0.1) is 35.9 Å². The number of fused-ring (bicyclic) bond motifs is 3. The summed E-state index contributed by atoms with van der Waals surface area (Å²) in [5.74, 6) is 0. The average Bonchev–Trinajstić information content (AvgIpc) is 3.25. The average molecular weight is 716 g/mol. The van der Waals surface area contributed by atoms with E-state index in [1.807, 2.05) is 54.7 Å². The second-order valence-corrected chi connectivity index (χ2v) is 10.4. The van der Waals surface area contributed by atoms with Crippen molar-refractivity contribution in [1.82, 2.24) is 9.97 Å². The molecule has 0 fully saturated rings. The van der Waals surface area contributed by atoms with Gasteiger partial charge in [-0.25, -0.2) is 0 Å². The van der Waals surface area contributed by atoms with Gasteiger partial charge in [-0.05, 0) is 11.8 Å². The fourth-order valence-corrected chi connectivity index (χ4v) is 7.02. The van der Waals surface area contributed by atoms with Crippen LogP contribution in [0.25, 0.3) is 40.1 Å². The van der Waals surface area contributed by atoms with Crippen molar-refractivity contribution in [3.8, 4) is 22.5 Å². The molecule has 0 aliphatic rings. The van der Waals surface area contributed by atoms with Crippen LogP contribution in [0.3, 0.4) is 0 Å². The van der Waals surface area contributed by atoms with Gasteiger partial charge in [0.2, 0.25) is 0 Å². The molecule has 4 heteroatoms. The van der Waals surface area contributed by atoms with Gasteiger partial charge in [0, 0.05) is 26.3 Å². The smallest absolute Gasteiger partial charge is 0.0160 e. The third-order valence-corrected chi connectivity index (χ3v) is 8.59. The molecule has 1 radical (unpaired) electrons. The molecule has 0 spiro atoms. The molecule has 0 bridgehead atoms. The molecule has 3 heterocycles. The summed E-state index contributed by atoms with van der Waals surface area (Å²) in [6.45, 7) is 2.07. The molecular formula is C29H20IrN2Te-2. The molecular weight excluding hydrogens is 696 g/mol. The largest absolute Gasteiger partial charge is 0.305 e. The predicted octanol–water partition coefficient (Wildman–Crippen LogP) is 6.77. The van der Waals surface area contributed by atoms with Crippen molar-refractivity contribution in [1.29, 1.82) is 0 Å². The van der Waals surface area contributed by atoms with Gasteiger partial charge in [-0.3, -0.25) is 0 Å². The van der Waals surface area contributed by atoms with Crippen molar-refractivity contribution in [2.45, 2.75) is 6.92 Å². The molecule has 6 rings (SSSR count). The van der Waals surface area contributed by atoms with Gasteiger partial charge in [0.25, 0.3) is 0 Å². The first-order chi connectivity index (χ1) is 15.8. The van der Waals surface area contributed by atoms with E-state index < -0.39 is 0 Å². The predicted molar refractivity (Wildman–Crippen MR) is 134 cm³/mol. The van der Waals surface area contributed by atoms with Gasteiger partial charge in [0.1, 0.15) is 0 Å². The van der Waals surface area contributed by atoms with Crippen LogP contribution in [0.5, 0.6) is 0 Å². The van der Waals surface area contributed by atoms with Gasteiger partial charge >= 0.3 is 128 Å². The van der Waals surface area contributed by atoms with Gasteiger partial charge in [-0.2, -0.15) is 0 Å². The Labute approximate surface area is 217 Å². The van der Waals surface area contributed by atoms with Crippen molar-refractivity contribution >= 4 is 38.0 Å². The summed E-state index contributed by atoms with van der Waals surface area (Å²) in [7, 11) is 0. The molecule has 6 aromatic rings.